The first-order valence-corrected chi connectivity index (χ1v) is 5.27. The van der Waals surface area contributed by atoms with E-state index in [0.29, 0.717) is 6.04 Å². The molecule has 1 aromatic heterocycles. The van der Waals surface area contributed by atoms with Gasteiger partial charge in [-0.15, -0.1) is 0 Å². The van der Waals surface area contributed by atoms with Crippen molar-refractivity contribution in [3.8, 4) is 0 Å². The predicted molar refractivity (Wildman–Crippen MR) is 53.4 cm³/mol. The maximum Gasteiger partial charge on any atom is 0.306 e. The van der Waals surface area contributed by atoms with Crippen LogP contribution >= 0.6 is 0 Å². The van der Waals surface area contributed by atoms with Gasteiger partial charge in [-0.1, -0.05) is 0 Å². The molecule has 1 heterocycles. The van der Waals surface area contributed by atoms with Crippen molar-refractivity contribution < 1.29 is 9.90 Å². The van der Waals surface area contributed by atoms with Crippen LogP contribution in [0.3, 0.4) is 0 Å². The predicted octanol–water partition coefficient (Wildman–Crippen LogP) is 1.40. The molecule has 0 aliphatic heterocycles. The summed E-state index contributed by atoms with van der Waals surface area (Å²) in [6.07, 6.45) is 5.01. The fourth-order valence-electron chi connectivity index (χ4n) is 2.12. The Bertz CT molecular complexity index is 353. The minimum atomic E-state index is -0.664. The van der Waals surface area contributed by atoms with E-state index in [2.05, 4.69) is 10.1 Å². The second kappa shape index (κ2) is 4.00. The van der Waals surface area contributed by atoms with Crippen molar-refractivity contribution in [3.63, 3.8) is 0 Å². The number of carbonyl (C=O) groups is 1. The lowest BCUT2D eigenvalue weighted by atomic mass is 9.86. The smallest absolute Gasteiger partial charge is 0.306 e. The molecule has 5 nitrogen and oxygen atoms in total. The highest BCUT2D eigenvalue weighted by molar-refractivity contribution is 5.69. The number of carboxylic acids is 1. The van der Waals surface area contributed by atoms with Crippen LogP contribution in [0.1, 0.15) is 37.5 Å². The van der Waals surface area contributed by atoms with Gasteiger partial charge in [0.1, 0.15) is 12.2 Å². The van der Waals surface area contributed by atoms with E-state index < -0.39 is 5.97 Å². The highest BCUT2D eigenvalue weighted by Gasteiger charge is 2.27. The maximum atomic E-state index is 10.8. The molecule has 1 N–H and O–H groups in total. The highest BCUT2D eigenvalue weighted by atomic mass is 16.4. The molecule has 0 radical (unpaired) electrons. The first kappa shape index (κ1) is 10.1. The van der Waals surface area contributed by atoms with Crippen molar-refractivity contribution in [1.82, 2.24) is 14.8 Å². The number of aromatic nitrogens is 3. The summed E-state index contributed by atoms with van der Waals surface area (Å²) >= 11 is 0. The van der Waals surface area contributed by atoms with E-state index in [4.69, 9.17) is 5.11 Å². The van der Waals surface area contributed by atoms with Crippen LogP contribution < -0.4 is 0 Å². The zero-order valence-electron chi connectivity index (χ0n) is 8.76. The van der Waals surface area contributed by atoms with Gasteiger partial charge in [-0.05, 0) is 32.6 Å². The lowest BCUT2D eigenvalue weighted by molar-refractivity contribution is -0.143. The third-order valence-corrected chi connectivity index (χ3v) is 3.04. The Morgan fingerprint density at radius 1 is 1.47 bits per heavy atom. The Kier molecular flexibility index (Phi) is 2.70. The third kappa shape index (κ3) is 2.16. The fourth-order valence-corrected chi connectivity index (χ4v) is 2.12. The molecule has 2 rings (SSSR count). The minimum absolute atomic E-state index is 0.161. The van der Waals surface area contributed by atoms with Crippen molar-refractivity contribution in [2.24, 2.45) is 5.92 Å². The van der Waals surface area contributed by atoms with E-state index in [1.54, 1.807) is 6.33 Å². The molecule has 0 aromatic carbocycles. The molecule has 1 aromatic rings. The average Bonchev–Trinajstić information content (AvgIpc) is 2.65. The van der Waals surface area contributed by atoms with Crippen molar-refractivity contribution in [1.29, 1.82) is 0 Å². The van der Waals surface area contributed by atoms with Gasteiger partial charge in [-0.2, -0.15) is 5.10 Å². The Balaban J connectivity index is 1.96. The fraction of sp³-hybridized carbons (Fsp3) is 0.700. The second-order valence-electron chi connectivity index (χ2n) is 4.12. The number of aliphatic carboxylic acids is 1. The lowest BCUT2D eigenvalue weighted by Gasteiger charge is -2.25. The van der Waals surface area contributed by atoms with Crippen molar-refractivity contribution >= 4 is 5.97 Å². The monoisotopic (exact) mass is 209 g/mol. The van der Waals surface area contributed by atoms with Gasteiger partial charge in [0.25, 0.3) is 0 Å². The summed E-state index contributed by atoms with van der Waals surface area (Å²) in [6.45, 7) is 1.86. The van der Waals surface area contributed by atoms with Crippen molar-refractivity contribution in [3.05, 3.63) is 12.2 Å². The number of nitrogens with zero attached hydrogens (tertiary/aromatic N) is 3. The van der Waals surface area contributed by atoms with Crippen LogP contribution in [-0.4, -0.2) is 25.8 Å². The number of carboxylic acid groups (broad SMARTS) is 1. The van der Waals surface area contributed by atoms with E-state index in [0.717, 1.165) is 31.5 Å². The molecule has 1 aliphatic rings. The average molecular weight is 209 g/mol. The molecule has 1 fully saturated rings. The molecule has 0 unspecified atom stereocenters. The Hall–Kier alpha value is -1.39. The van der Waals surface area contributed by atoms with Crippen LogP contribution in [0.5, 0.6) is 0 Å². The quantitative estimate of drug-likeness (QED) is 0.799. The highest BCUT2D eigenvalue weighted by Crippen LogP contribution is 2.31. The minimum Gasteiger partial charge on any atom is -0.481 e. The van der Waals surface area contributed by atoms with Gasteiger partial charge in [-0.25, -0.2) is 9.67 Å². The Morgan fingerprint density at radius 3 is 2.60 bits per heavy atom. The number of aryl methyl sites for hydroxylation is 1. The zero-order valence-corrected chi connectivity index (χ0v) is 8.76. The van der Waals surface area contributed by atoms with E-state index in [1.165, 1.54) is 0 Å². The third-order valence-electron chi connectivity index (χ3n) is 3.04. The van der Waals surface area contributed by atoms with Gasteiger partial charge in [0.05, 0.1) is 12.0 Å². The first-order chi connectivity index (χ1) is 7.16. The summed E-state index contributed by atoms with van der Waals surface area (Å²) < 4.78 is 1.87. The van der Waals surface area contributed by atoms with Crippen molar-refractivity contribution in [2.75, 3.05) is 0 Å². The summed E-state index contributed by atoms with van der Waals surface area (Å²) in [5, 5.41) is 13.1. The van der Waals surface area contributed by atoms with Crippen LogP contribution in [0.25, 0.3) is 0 Å². The second-order valence-corrected chi connectivity index (χ2v) is 4.12. The van der Waals surface area contributed by atoms with E-state index in [-0.39, 0.29) is 5.92 Å². The van der Waals surface area contributed by atoms with Crippen LogP contribution in [0.2, 0.25) is 0 Å². The largest absolute Gasteiger partial charge is 0.481 e. The lowest BCUT2D eigenvalue weighted by Crippen LogP contribution is -2.23. The first-order valence-electron chi connectivity index (χ1n) is 5.27. The molecule has 0 saturated heterocycles. The van der Waals surface area contributed by atoms with Crippen LogP contribution in [0.4, 0.5) is 0 Å². The summed E-state index contributed by atoms with van der Waals surface area (Å²) in [5.74, 6) is -0.0514. The zero-order chi connectivity index (χ0) is 10.8. The molecule has 5 heteroatoms. The summed E-state index contributed by atoms with van der Waals surface area (Å²) in [6, 6.07) is 0.335. The van der Waals surface area contributed by atoms with E-state index >= 15 is 0 Å². The molecule has 1 aliphatic carbocycles. The molecule has 1 saturated carbocycles. The summed E-state index contributed by atoms with van der Waals surface area (Å²) in [5.41, 5.74) is 0. The number of hydrogen-bond acceptors (Lipinski definition) is 3. The molecule has 82 valence electrons. The normalized spacial score (nSPS) is 26.5. The Labute approximate surface area is 88.1 Å². The van der Waals surface area contributed by atoms with Gasteiger partial charge in [0.15, 0.2) is 0 Å². The topological polar surface area (TPSA) is 68.0 Å². The van der Waals surface area contributed by atoms with Gasteiger partial charge in [0.2, 0.25) is 0 Å². The number of hydrogen-bond donors (Lipinski definition) is 1. The summed E-state index contributed by atoms with van der Waals surface area (Å²) in [7, 11) is 0. The summed E-state index contributed by atoms with van der Waals surface area (Å²) in [4.78, 5) is 14.8. The Morgan fingerprint density at radius 2 is 2.13 bits per heavy atom. The number of rotatable bonds is 2. The van der Waals surface area contributed by atoms with Crippen LogP contribution in [0.15, 0.2) is 6.33 Å². The van der Waals surface area contributed by atoms with Gasteiger partial charge in [0, 0.05) is 0 Å². The molecule has 0 spiro atoms. The van der Waals surface area contributed by atoms with Crippen LogP contribution in [-0.2, 0) is 4.79 Å². The van der Waals surface area contributed by atoms with Gasteiger partial charge < -0.3 is 5.11 Å². The maximum absolute atomic E-state index is 10.8. The van der Waals surface area contributed by atoms with Crippen LogP contribution in [0, 0.1) is 12.8 Å². The van der Waals surface area contributed by atoms with E-state index in [1.807, 2.05) is 11.6 Å². The molecule has 0 atom stereocenters. The standard InChI is InChI=1S/C10H15N3O2/c1-7-11-6-13(12-7)9-4-2-8(3-5-9)10(14)15/h6,8-9H,2-5H2,1H3,(H,14,15). The SMILES string of the molecule is Cc1ncn(C2CCC(C(=O)O)CC2)n1. The molecular formula is C10H15N3O2. The molecule has 0 bridgehead atoms. The molecule has 15 heavy (non-hydrogen) atoms. The molecular weight excluding hydrogens is 194 g/mol. The van der Waals surface area contributed by atoms with Gasteiger partial charge in [-0.3, -0.25) is 4.79 Å². The molecule has 0 amide bonds. The van der Waals surface area contributed by atoms with Gasteiger partial charge >= 0.3 is 5.97 Å². The van der Waals surface area contributed by atoms with Crippen molar-refractivity contribution in [2.45, 2.75) is 38.6 Å². The van der Waals surface area contributed by atoms with E-state index in [9.17, 15) is 4.79 Å².